The molecule has 0 spiro atoms. The lowest BCUT2D eigenvalue weighted by atomic mass is 10.2. The first-order chi connectivity index (χ1) is 12.3. The average Bonchev–Trinajstić information content (AvgIpc) is 2.64. The Balaban J connectivity index is 1.89. The van der Waals surface area contributed by atoms with E-state index in [4.69, 9.17) is 17.3 Å². The molecular formula is C20H19ClN4. The van der Waals surface area contributed by atoms with Crippen molar-refractivity contribution in [1.29, 1.82) is 0 Å². The minimum absolute atomic E-state index is 0.529. The summed E-state index contributed by atoms with van der Waals surface area (Å²) in [5.74, 6) is 1.46. The third-order valence-corrected chi connectivity index (χ3v) is 3.86. The van der Waals surface area contributed by atoms with E-state index < -0.39 is 0 Å². The van der Waals surface area contributed by atoms with Crippen LogP contribution in [0.4, 0.5) is 5.82 Å². The molecule has 3 aromatic rings. The molecule has 2 aromatic carbocycles. The number of halogens is 1. The lowest BCUT2D eigenvalue weighted by Crippen LogP contribution is -2.04. The molecule has 0 aliphatic carbocycles. The number of benzene rings is 2. The normalized spacial score (nSPS) is 11.6. The summed E-state index contributed by atoms with van der Waals surface area (Å²) in [7, 11) is 0. The molecule has 3 rings (SSSR count). The Labute approximate surface area is 152 Å². The van der Waals surface area contributed by atoms with E-state index >= 15 is 0 Å². The van der Waals surface area contributed by atoms with E-state index in [0.29, 0.717) is 18.9 Å². The van der Waals surface area contributed by atoms with Gasteiger partial charge < -0.3 is 11.1 Å². The van der Waals surface area contributed by atoms with Crippen LogP contribution in [0.15, 0.2) is 60.7 Å². The number of para-hydroxylation sites is 1. The lowest BCUT2D eigenvalue weighted by molar-refractivity contribution is 1.15. The summed E-state index contributed by atoms with van der Waals surface area (Å²) in [5.41, 5.74) is 7.41. The third-order valence-electron chi connectivity index (χ3n) is 3.61. The number of aromatic nitrogens is 2. The van der Waals surface area contributed by atoms with Gasteiger partial charge in [0, 0.05) is 23.5 Å². The second-order valence-corrected chi connectivity index (χ2v) is 5.86. The maximum absolute atomic E-state index is 5.92. The summed E-state index contributed by atoms with van der Waals surface area (Å²) < 4.78 is 0. The SMILES string of the molecule is NCC=CCNc1nc(C=Cc2ccc(Cl)cc2)nc2ccccc12. The van der Waals surface area contributed by atoms with Crippen LogP contribution in [-0.4, -0.2) is 23.1 Å². The van der Waals surface area contributed by atoms with Crippen LogP contribution in [0, 0.1) is 0 Å². The van der Waals surface area contributed by atoms with Crippen LogP contribution in [0.3, 0.4) is 0 Å². The topological polar surface area (TPSA) is 63.8 Å². The fourth-order valence-electron chi connectivity index (χ4n) is 2.38. The number of nitrogens with zero attached hydrogens (tertiary/aromatic N) is 2. The van der Waals surface area contributed by atoms with Crippen LogP contribution >= 0.6 is 11.6 Å². The Morgan fingerprint density at radius 2 is 1.76 bits per heavy atom. The minimum atomic E-state index is 0.529. The maximum Gasteiger partial charge on any atom is 0.154 e. The van der Waals surface area contributed by atoms with Gasteiger partial charge in [-0.2, -0.15) is 0 Å². The molecule has 3 N–H and O–H groups in total. The molecule has 25 heavy (non-hydrogen) atoms. The standard InChI is InChI=1S/C20H19ClN4/c21-16-10-7-15(8-11-16)9-12-19-24-18-6-2-1-5-17(18)20(25-19)23-14-4-3-13-22/h1-12H,13-14,22H2,(H,23,24,25). The van der Waals surface area contributed by atoms with Gasteiger partial charge in [0.15, 0.2) is 5.82 Å². The van der Waals surface area contributed by atoms with Crippen molar-refractivity contribution < 1.29 is 0 Å². The third kappa shape index (κ3) is 4.66. The predicted molar refractivity (Wildman–Crippen MR) is 107 cm³/mol. The minimum Gasteiger partial charge on any atom is -0.366 e. The first-order valence-corrected chi connectivity index (χ1v) is 8.43. The van der Waals surface area contributed by atoms with Crippen molar-refractivity contribution in [3.05, 3.63) is 77.1 Å². The molecule has 5 heteroatoms. The summed E-state index contributed by atoms with van der Waals surface area (Å²) in [6, 6.07) is 15.6. The lowest BCUT2D eigenvalue weighted by Gasteiger charge is -2.08. The number of fused-ring (bicyclic) bond motifs is 1. The Bertz CT molecular complexity index is 901. The van der Waals surface area contributed by atoms with Crippen LogP contribution in [0.2, 0.25) is 5.02 Å². The molecule has 0 bridgehead atoms. The first-order valence-electron chi connectivity index (χ1n) is 8.05. The van der Waals surface area contributed by atoms with Gasteiger partial charge in [-0.3, -0.25) is 0 Å². The fraction of sp³-hybridized carbons (Fsp3) is 0.100. The van der Waals surface area contributed by atoms with Crippen LogP contribution in [0.25, 0.3) is 23.1 Å². The largest absolute Gasteiger partial charge is 0.366 e. The Hall–Kier alpha value is -2.69. The zero-order valence-electron chi connectivity index (χ0n) is 13.7. The summed E-state index contributed by atoms with van der Waals surface area (Å²) >= 11 is 5.92. The van der Waals surface area contributed by atoms with Crippen LogP contribution in [0.5, 0.6) is 0 Å². The van der Waals surface area contributed by atoms with Gasteiger partial charge in [0.05, 0.1) is 5.52 Å². The van der Waals surface area contributed by atoms with Crippen LogP contribution in [0.1, 0.15) is 11.4 Å². The van der Waals surface area contributed by atoms with Gasteiger partial charge in [-0.05, 0) is 35.9 Å². The Morgan fingerprint density at radius 1 is 0.960 bits per heavy atom. The zero-order chi connectivity index (χ0) is 17.5. The summed E-state index contributed by atoms with van der Waals surface area (Å²) in [4.78, 5) is 9.24. The molecular weight excluding hydrogens is 332 g/mol. The number of hydrogen-bond donors (Lipinski definition) is 2. The van der Waals surface area contributed by atoms with Crippen LogP contribution in [-0.2, 0) is 0 Å². The van der Waals surface area contributed by atoms with Gasteiger partial charge in [-0.1, -0.05) is 54.1 Å². The summed E-state index contributed by atoms with van der Waals surface area (Å²) in [5, 5.41) is 5.04. The second kappa shape index (κ2) is 8.42. The Morgan fingerprint density at radius 3 is 2.56 bits per heavy atom. The molecule has 4 nitrogen and oxygen atoms in total. The van der Waals surface area contributed by atoms with E-state index in [1.165, 1.54) is 0 Å². The predicted octanol–water partition coefficient (Wildman–Crippen LogP) is 4.38. The van der Waals surface area contributed by atoms with Crippen molar-refractivity contribution in [3.8, 4) is 0 Å². The van der Waals surface area contributed by atoms with Crippen molar-refractivity contribution in [2.75, 3.05) is 18.4 Å². The van der Waals surface area contributed by atoms with E-state index in [-0.39, 0.29) is 0 Å². The second-order valence-electron chi connectivity index (χ2n) is 5.42. The molecule has 0 fully saturated rings. The molecule has 1 heterocycles. The van der Waals surface area contributed by atoms with Gasteiger partial charge in [-0.15, -0.1) is 0 Å². The molecule has 0 amide bonds. The van der Waals surface area contributed by atoms with Gasteiger partial charge in [-0.25, -0.2) is 9.97 Å². The molecule has 0 aliphatic heterocycles. The van der Waals surface area contributed by atoms with Crippen molar-refractivity contribution in [2.24, 2.45) is 5.73 Å². The highest BCUT2D eigenvalue weighted by molar-refractivity contribution is 6.30. The molecule has 0 saturated carbocycles. The van der Waals surface area contributed by atoms with E-state index in [2.05, 4.69) is 15.3 Å². The maximum atomic E-state index is 5.92. The summed E-state index contributed by atoms with van der Waals surface area (Å²) in [6.07, 6.45) is 7.77. The van der Waals surface area contributed by atoms with E-state index in [1.54, 1.807) is 0 Å². The fourth-order valence-corrected chi connectivity index (χ4v) is 2.51. The van der Waals surface area contributed by atoms with Crippen LogP contribution < -0.4 is 11.1 Å². The quantitative estimate of drug-likeness (QED) is 0.647. The number of anilines is 1. The molecule has 126 valence electrons. The van der Waals surface area contributed by atoms with E-state index in [9.17, 15) is 0 Å². The molecule has 0 saturated heterocycles. The monoisotopic (exact) mass is 350 g/mol. The van der Waals surface area contributed by atoms with Crippen molar-refractivity contribution in [3.63, 3.8) is 0 Å². The van der Waals surface area contributed by atoms with Gasteiger partial charge in [0.2, 0.25) is 0 Å². The zero-order valence-corrected chi connectivity index (χ0v) is 14.4. The smallest absolute Gasteiger partial charge is 0.154 e. The van der Waals surface area contributed by atoms with E-state index in [1.807, 2.05) is 72.8 Å². The molecule has 0 unspecified atom stereocenters. The molecule has 1 aromatic heterocycles. The van der Waals surface area contributed by atoms with Gasteiger partial charge in [0.25, 0.3) is 0 Å². The van der Waals surface area contributed by atoms with Crippen molar-refractivity contribution in [2.45, 2.75) is 0 Å². The Kier molecular flexibility index (Phi) is 5.77. The molecule has 0 atom stereocenters. The molecule has 0 aliphatic rings. The molecule has 0 radical (unpaired) electrons. The number of nitrogens with one attached hydrogen (secondary N) is 1. The van der Waals surface area contributed by atoms with Gasteiger partial charge in [0.1, 0.15) is 5.82 Å². The van der Waals surface area contributed by atoms with Crippen molar-refractivity contribution in [1.82, 2.24) is 9.97 Å². The first kappa shape index (κ1) is 17.1. The average molecular weight is 351 g/mol. The summed E-state index contributed by atoms with van der Waals surface area (Å²) in [6.45, 7) is 1.19. The highest BCUT2D eigenvalue weighted by Gasteiger charge is 2.05. The van der Waals surface area contributed by atoms with Crippen molar-refractivity contribution >= 4 is 40.5 Å². The van der Waals surface area contributed by atoms with E-state index in [0.717, 1.165) is 27.3 Å². The highest BCUT2D eigenvalue weighted by Crippen LogP contribution is 2.21. The number of nitrogens with two attached hydrogens (primary N) is 1. The number of hydrogen-bond acceptors (Lipinski definition) is 4. The number of rotatable bonds is 6. The van der Waals surface area contributed by atoms with Gasteiger partial charge >= 0.3 is 0 Å². The highest BCUT2D eigenvalue weighted by atomic mass is 35.5.